The largest absolute Gasteiger partial charge is 0.475 e. The third kappa shape index (κ3) is 4.08. The van der Waals surface area contributed by atoms with Crippen molar-refractivity contribution in [3.8, 4) is 0 Å². The molecule has 3 atom stereocenters. The van der Waals surface area contributed by atoms with Crippen LogP contribution in [-0.2, 0) is 4.79 Å². The first-order valence-corrected chi connectivity index (χ1v) is 4.82. The van der Waals surface area contributed by atoms with E-state index in [1.165, 1.54) is 6.92 Å². The van der Waals surface area contributed by atoms with Crippen LogP contribution >= 0.6 is 0 Å². The van der Waals surface area contributed by atoms with E-state index in [9.17, 15) is 4.79 Å². The van der Waals surface area contributed by atoms with Crippen molar-refractivity contribution in [2.75, 3.05) is 0 Å². The zero-order valence-electron chi connectivity index (χ0n) is 8.90. The van der Waals surface area contributed by atoms with E-state index in [4.69, 9.17) is 15.8 Å². The van der Waals surface area contributed by atoms with Crippen LogP contribution in [0.2, 0.25) is 0 Å². The summed E-state index contributed by atoms with van der Waals surface area (Å²) in [6.45, 7) is 5.33. The summed E-state index contributed by atoms with van der Waals surface area (Å²) in [5.74, 6) is -0.962. The van der Waals surface area contributed by atoms with Gasteiger partial charge in [0.25, 0.3) is 0 Å². The molecule has 0 aromatic rings. The van der Waals surface area contributed by atoms with E-state index in [-0.39, 0.29) is 11.8 Å². The van der Waals surface area contributed by atoms with Gasteiger partial charge in [0.05, 0.1) is 12.0 Å². The predicted molar refractivity (Wildman–Crippen MR) is 55.2 cm³/mol. The van der Waals surface area contributed by atoms with E-state index in [0.29, 0.717) is 0 Å². The Balaban J connectivity index is 4.07. The van der Waals surface area contributed by atoms with Gasteiger partial charge in [0.1, 0.15) is 0 Å². The Labute approximate surface area is 84.8 Å². The van der Waals surface area contributed by atoms with Crippen LogP contribution in [0.15, 0.2) is 0 Å². The van der Waals surface area contributed by atoms with Gasteiger partial charge in [-0.25, -0.2) is 0 Å². The van der Waals surface area contributed by atoms with Gasteiger partial charge in [-0.3, -0.25) is 4.79 Å². The maximum absolute atomic E-state index is 11.4. The summed E-state index contributed by atoms with van der Waals surface area (Å²) in [7, 11) is -1.55. The summed E-state index contributed by atoms with van der Waals surface area (Å²) in [6, 6.07) is -0.596. The molecule has 82 valence electrons. The second-order valence-corrected chi connectivity index (χ2v) is 3.62. The monoisotopic (exact) mass is 202 g/mol. The van der Waals surface area contributed by atoms with Crippen molar-refractivity contribution in [1.82, 2.24) is 5.32 Å². The highest BCUT2D eigenvalue weighted by Gasteiger charge is 2.25. The van der Waals surface area contributed by atoms with Crippen LogP contribution in [0.1, 0.15) is 27.2 Å². The Morgan fingerprint density at radius 2 is 2.00 bits per heavy atom. The average molecular weight is 202 g/mol. The molecule has 5 N–H and O–H groups in total. The molecule has 5 nitrogen and oxygen atoms in total. The second-order valence-electron chi connectivity index (χ2n) is 3.62. The lowest BCUT2D eigenvalue weighted by atomic mass is 9.80. The molecule has 0 aliphatic carbocycles. The minimum absolute atomic E-state index is 0.0815. The van der Waals surface area contributed by atoms with Gasteiger partial charge in [0.2, 0.25) is 5.91 Å². The van der Waals surface area contributed by atoms with E-state index >= 15 is 0 Å². The van der Waals surface area contributed by atoms with Crippen molar-refractivity contribution in [3.63, 3.8) is 0 Å². The molecular formula is C8H19BN2O3. The van der Waals surface area contributed by atoms with Crippen LogP contribution in [0, 0.1) is 5.92 Å². The minimum Gasteiger partial charge on any atom is -0.426 e. The fourth-order valence-corrected chi connectivity index (χ4v) is 0.907. The zero-order chi connectivity index (χ0) is 11.3. The molecule has 0 radical (unpaired) electrons. The normalized spacial score (nSPS) is 17.0. The Morgan fingerprint density at radius 3 is 2.36 bits per heavy atom. The van der Waals surface area contributed by atoms with E-state index in [0.717, 1.165) is 6.42 Å². The van der Waals surface area contributed by atoms with Crippen molar-refractivity contribution in [3.05, 3.63) is 0 Å². The summed E-state index contributed by atoms with van der Waals surface area (Å²) < 4.78 is 0. The SMILES string of the molecule is CC[C@H](C)[C@H](N)C(=O)N[C@@H](C)B(O)O. The molecule has 0 heterocycles. The van der Waals surface area contributed by atoms with E-state index in [1.807, 2.05) is 13.8 Å². The Hall–Kier alpha value is -0.585. The Bertz CT molecular complexity index is 189. The first-order valence-electron chi connectivity index (χ1n) is 4.82. The fraction of sp³-hybridized carbons (Fsp3) is 0.875. The van der Waals surface area contributed by atoms with Crippen molar-refractivity contribution >= 4 is 13.0 Å². The number of hydrogen-bond donors (Lipinski definition) is 4. The van der Waals surface area contributed by atoms with Crippen molar-refractivity contribution in [2.24, 2.45) is 11.7 Å². The number of amides is 1. The first-order chi connectivity index (χ1) is 6.40. The maximum atomic E-state index is 11.4. The number of nitrogens with two attached hydrogens (primary N) is 1. The summed E-state index contributed by atoms with van der Waals surface area (Å²) in [4.78, 5) is 11.4. The Kier molecular flexibility index (Phi) is 5.75. The highest BCUT2D eigenvalue weighted by molar-refractivity contribution is 6.43. The molecular weight excluding hydrogens is 183 g/mol. The van der Waals surface area contributed by atoms with Gasteiger partial charge in [-0.2, -0.15) is 0 Å². The number of hydrogen-bond acceptors (Lipinski definition) is 4. The van der Waals surface area contributed by atoms with Crippen LogP contribution in [0.5, 0.6) is 0 Å². The van der Waals surface area contributed by atoms with Gasteiger partial charge in [-0.1, -0.05) is 20.3 Å². The molecule has 1 amide bonds. The summed E-state index contributed by atoms with van der Waals surface area (Å²) in [5.41, 5.74) is 5.64. The highest BCUT2D eigenvalue weighted by Crippen LogP contribution is 2.05. The lowest BCUT2D eigenvalue weighted by molar-refractivity contribution is -0.123. The lowest BCUT2D eigenvalue weighted by Gasteiger charge is -2.20. The van der Waals surface area contributed by atoms with Crippen LogP contribution in [0.4, 0.5) is 0 Å². The predicted octanol–water partition coefficient (Wildman–Crippen LogP) is -1.12. The molecule has 0 aromatic carbocycles. The lowest BCUT2D eigenvalue weighted by Crippen LogP contribution is -2.52. The van der Waals surface area contributed by atoms with Crippen molar-refractivity contribution in [1.29, 1.82) is 0 Å². The molecule has 0 aliphatic rings. The topological polar surface area (TPSA) is 95.6 Å². The molecule has 0 fully saturated rings. The molecule has 0 aromatic heterocycles. The number of carbonyl (C=O) groups excluding carboxylic acids is 1. The van der Waals surface area contributed by atoms with E-state index in [1.54, 1.807) is 0 Å². The van der Waals surface area contributed by atoms with Gasteiger partial charge in [0.15, 0.2) is 0 Å². The molecule has 0 spiro atoms. The molecule has 0 rings (SSSR count). The second kappa shape index (κ2) is 6.00. The zero-order valence-corrected chi connectivity index (χ0v) is 8.90. The van der Waals surface area contributed by atoms with Crippen LogP contribution in [0.3, 0.4) is 0 Å². The minimum atomic E-state index is -1.55. The van der Waals surface area contributed by atoms with Crippen LogP contribution in [-0.4, -0.2) is 35.1 Å². The van der Waals surface area contributed by atoms with Gasteiger partial charge in [-0.05, 0) is 12.8 Å². The highest BCUT2D eigenvalue weighted by atomic mass is 16.4. The van der Waals surface area contributed by atoms with E-state index < -0.39 is 19.1 Å². The van der Waals surface area contributed by atoms with Crippen LogP contribution < -0.4 is 11.1 Å². The summed E-state index contributed by atoms with van der Waals surface area (Å²) in [6.07, 6.45) is 0.810. The molecule has 14 heavy (non-hydrogen) atoms. The molecule has 0 aliphatic heterocycles. The smallest absolute Gasteiger partial charge is 0.426 e. The summed E-state index contributed by atoms with van der Waals surface area (Å²) >= 11 is 0. The van der Waals surface area contributed by atoms with Crippen molar-refractivity contribution in [2.45, 2.75) is 39.2 Å². The third-order valence-electron chi connectivity index (χ3n) is 2.38. The number of carbonyl (C=O) groups is 1. The van der Waals surface area contributed by atoms with Gasteiger partial charge < -0.3 is 21.1 Å². The van der Waals surface area contributed by atoms with Gasteiger partial charge >= 0.3 is 7.12 Å². The van der Waals surface area contributed by atoms with E-state index in [2.05, 4.69) is 5.32 Å². The fourth-order valence-electron chi connectivity index (χ4n) is 0.907. The van der Waals surface area contributed by atoms with Gasteiger partial charge in [0, 0.05) is 0 Å². The first kappa shape index (κ1) is 13.4. The molecule has 0 unspecified atom stereocenters. The third-order valence-corrected chi connectivity index (χ3v) is 2.38. The quantitative estimate of drug-likeness (QED) is 0.424. The maximum Gasteiger partial charge on any atom is 0.475 e. The molecule has 0 saturated carbocycles. The van der Waals surface area contributed by atoms with Gasteiger partial charge in [-0.15, -0.1) is 0 Å². The summed E-state index contributed by atoms with van der Waals surface area (Å²) in [5, 5.41) is 19.9. The number of rotatable bonds is 5. The molecule has 0 bridgehead atoms. The molecule has 6 heteroatoms. The van der Waals surface area contributed by atoms with Crippen molar-refractivity contribution < 1.29 is 14.8 Å². The molecule has 0 saturated heterocycles. The standard InChI is InChI=1S/C8H19BN2O3/c1-4-5(2)7(10)8(12)11-6(3)9(13)14/h5-7,13-14H,4,10H2,1-3H3,(H,11,12)/t5-,6-,7-/m0/s1. The van der Waals surface area contributed by atoms with Crippen LogP contribution in [0.25, 0.3) is 0 Å². The number of nitrogens with one attached hydrogen (secondary N) is 1. The average Bonchev–Trinajstić information content (AvgIpc) is 2.14. The Morgan fingerprint density at radius 1 is 1.50 bits per heavy atom.